The lowest BCUT2D eigenvalue weighted by molar-refractivity contribution is 0.279. The molecule has 2 aromatic heterocycles. The first-order valence-corrected chi connectivity index (χ1v) is 11.1. The first kappa shape index (κ1) is 19.9. The molecule has 1 saturated carbocycles. The van der Waals surface area contributed by atoms with Gasteiger partial charge in [0, 0.05) is 24.0 Å². The van der Waals surface area contributed by atoms with Gasteiger partial charge in [-0.15, -0.1) is 0 Å². The summed E-state index contributed by atoms with van der Waals surface area (Å²) in [4.78, 5) is 9.07. The number of methoxy groups -OCH3 is 2. The largest absolute Gasteiger partial charge is 0.493 e. The molecule has 3 aromatic rings. The highest BCUT2D eigenvalue weighted by atomic mass is 32.2. The highest BCUT2D eigenvalue weighted by Crippen LogP contribution is 2.38. The van der Waals surface area contributed by atoms with E-state index in [4.69, 9.17) is 14.6 Å². The van der Waals surface area contributed by atoms with Gasteiger partial charge in [0.15, 0.2) is 11.5 Å². The van der Waals surface area contributed by atoms with Gasteiger partial charge in [0.25, 0.3) is 10.2 Å². The van der Waals surface area contributed by atoms with Gasteiger partial charge in [-0.05, 0) is 37.7 Å². The van der Waals surface area contributed by atoms with Crippen LogP contribution in [-0.2, 0) is 10.2 Å². The zero-order chi connectivity index (χ0) is 20.6. The SMILES string of the molecule is COc1cc2ncc3ncn(C4CCC(CNS(N)(=O)=O)CC4)c3c2cc1OC. The quantitative estimate of drug-likeness (QED) is 0.631. The van der Waals surface area contributed by atoms with Gasteiger partial charge < -0.3 is 14.0 Å². The number of pyridine rings is 1. The van der Waals surface area contributed by atoms with Crippen molar-refractivity contribution < 1.29 is 17.9 Å². The number of ether oxygens (including phenoxy) is 2. The average molecular weight is 420 g/mol. The topological polar surface area (TPSA) is 121 Å². The highest BCUT2D eigenvalue weighted by Gasteiger charge is 2.25. The lowest BCUT2D eigenvalue weighted by Gasteiger charge is -2.29. The second kappa shape index (κ2) is 7.77. The maximum absolute atomic E-state index is 11.1. The molecule has 10 heteroatoms. The molecular formula is C19H25N5O4S. The van der Waals surface area contributed by atoms with Crippen LogP contribution in [0, 0.1) is 5.92 Å². The molecule has 1 aromatic carbocycles. The Labute approximate surface area is 169 Å². The second-order valence-electron chi connectivity index (χ2n) is 7.44. The summed E-state index contributed by atoms with van der Waals surface area (Å²) in [5.41, 5.74) is 2.69. The second-order valence-corrected chi connectivity index (χ2v) is 8.81. The lowest BCUT2D eigenvalue weighted by Crippen LogP contribution is -2.36. The summed E-state index contributed by atoms with van der Waals surface area (Å²) in [6.45, 7) is 0.389. The van der Waals surface area contributed by atoms with Crippen LogP contribution in [0.2, 0.25) is 0 Å². The first-order chi connectivity index (χ1) is 13.9. The van der Waals surface area contributed by atoms with Crippen molar-refractivity contribution in [2.24, 2.45) is 11.1 Å². The Morgan fingerprint density at radius 3 is 2.45 bits per heavy atom. The van der Waals surface area contributed by atoms with Crippen molar-refractivity contribution in [3.8, 4) is 11.5 Å². The number of imidazole rings is 1. The van der Waals surface area contributed by atoms with Gasteiger partial charge in [0.1, 0.15) is 5.52 Å². The summed E-state index contributed by atoms with van der Waals surface area (Å²) in [5.74, 6) is 1.59. The van der Waals surface area contributed by atoms with E-state index in [9.17, 15) is 8.42 Å². The summed E-state index contributed by atoms with van der Waals surface area (Å²) in [5, 5.41) is 6.01. The van der Waals surface area contributed by atoms with Crippen LogP contribution < -0.4 is 19.3 Å². The Kier molecular flexibility index (Phi) is 5.32. The third kappa shape index (κ3) is 4.00. The minimum absolute atomic E-state index is 0.294. The van der Waals surface area contributed by atoms with Crippen LogP contribution in [0.25, 0.3) is 21.9 Å². The van der Waals surface area contributed by atoms with E-state index in [2.05, 4.69) is 19.3 Å². The average Bonchev–Trinajstić information content (AvgIpc) is 3.15. The fourth-order valence-corrected chi connectivity index (χ4v) is 4.65. The number of aromatic nitrogens is 3. The van der Waals surface area contributed by atoms with Gasteiger partial charge >= 0.3 is 0 Å². The van der Waals surface area contributed by atoms with Gasteiger partial charge in [-0.25, -0.2) is 14.8 Å². The van der Waals surface area contributed by atoms with Crippen LogP contribution in [0.5, 0.6) is 11.5 Å². The number of nitrogens with two attached hydrogens (primary N) is 1. The smallest absolute Gasteiger partial charge is 0.274 e. The van der Waals surface area contributed by atoms with Gasteiger partial charge in [-0.1, -0.05) is 0 Å². The Bertz CT molecular complexity index is 1140. The molecule has 0 amide bonds. The van der Waals surface area contributed by atoms with E-state index < -0.39 is 10.2 Å². The molecule has 0 atom stereocenters. The van der Waals surface area contributed by atoms with Crippen LogP contribution in [0.1, 0.15) is 31.7 Å². The summed E-state index contributed by atoms with van der Waals surface area (Å²) >= 11 is 0. The Balaban J connectivity index is 1.64. The Morgan fingerprint density at radius 1 is 1.10 bits per heavy atom. The predicted molar refractivity (Wildman–Crippen MR) is 110 cm³/mol. The number of benzene rings is 1. The van der Waals surface area contributed by atoms with Gasteiger partial charge in [0.2, 0.25) is 0 Å². The number of nitrogens with zero attached hydrogens (tertiary/aromatic N) is 3. The molecule has 1 fully saturated rings. The maximum Gasteiger partial charge on any atom is 0.274 e. The number of hydrogen-bond acceptors (Lipinski definition) is 6. The normalized spacial score (nSPS) is 20.2. The molecule has 4 rings (SSSR count). The van der Waals surface area contributed by atoms with Crippen molar-refractivity contribution in [3.63, 3.8) is 0 Å². The molecule has 29 heavy (non-hydrogen) atoms. The number of rotatable bonds is 6. The van der Waals surface area contributed by atoms with Gasteiger partial charge in [-0.3, -0.25) is 4.98 Å². The third-order valence-corrected chi connectivity index (χ3v) is 6.26. The molecule has 2 heterocycles. The molecule has 1 aliphatic rings. The molecule has 0 saturated heterocycles. The van der Waals surface area contributed by atoms with E-state index in [1.165, 1.54) is 0 Å². The van der Waals surface area contributed by atoms with Crippen molar-refractivity contribution in [1.29, 1.82) is 0 Å². The molecule has 156 valence electrons. The van der Waals surface area contributed by atoms with Crippen LogP contribution in [-0.4, -0.2) is 43.7 Å². The van der Waals surface area contributed by atoms with E-state index in [1.54, 1.807) is 20.4 Å². The van der Waals surface area contributed by atoms with Gasteiger partial charge in [0.05, 0.1) is 37.8 Å². The Morgan fingerprint density at radius 2 is 1.79 bits per heavy atom. The van der Waals surface area contributed by atoms with Crippen molar-refractivity contribution in [2.75, 3.05) is 20.8 Å². The van der Waals surface area contributed by atoms with Crippen molar-refractivity contribution in [2.45, 2.75) is 31.7 Å². The fourth-order valence-electron chi connectivity index (χ4n) is 4.18. The molecular weight excluding hydrogens is 394 g/mol. The molecule has 3 N–H and O–H groups in total. The highest BCUT2D eigenvalue weighted by molar-refractivity contribution is 7.87. The molecule has 0 bridgehead atoms. The van der Waals surface area contributed by atoms with E-state index in [0.717, 1.165) is 47.6 Å². The van der Waals surface area contributed by atoms with Crippen LogP contribution >= 0.6 is 0 Å². The maximum atomic E-state index is 11.1. The van der Waals surface area contributed by atoms with Crippen molar-refractivity contribution >= 4 is 32.1 Å². The molecule has 0 spiro atoms. The number of hydrogen-bond donors (Lipinski definition) is 2. The summed E-state index contributed by atoms with van der Waals surface area (Å²) in [6, 6.07) is 4.12. The summed E-state index contributed by atoms with van der Waals surface area (Å²) in [7, 11) is -0.417. The minimum Gasteiger partial charge on any atom is -0.493 e. The molecule has 0 aliphatic heterocycles. The van der Waals surface area contributed by atoms with E-state index in [1.807, 2.05) is 18.5 Å². The number of fused-ring (bicyclic) bond motifs is 3. The molecule has 9 nitrogen and oxygen atoms in total. The third-order valence-electron chi connectivity index (χ3n) is 5.69. The number of nitrogens with one attached hydrogen (secondary N) is 1. The van der Waals surface area contributed by atoms with Crippen LogP contribution in [0.3, 0.4) is 0 Å². The minimum atomic E-state index is -3.64. The van der Waals surface area contributed by atoms with Crippen molar-refractivity contribution in [1.82, 2.24) is 19.3 Å². The molecule has 1 aliphatic carbocycles. The molecule has 0 radical (unpaired) electrons. The predicted octanol–water partition coefficient (Wildman–Crippen LogP) is 2.13. The zero-order valence-electron chi connectivity index (χ0n) is 16.5. The standard InChI is InChI=1S/C19H25N5O4S/c1-27-17-7-14-15(8-18(17)28-2)21-10-16-19(14)24(11-22-16)13-5-3-12(4-6-13)9-23-29(20,25)26/h7-8,10-13,23H,3-6,9H2,1-2H3,(H2,20,25,26). The summed E-state index contributed by atoms with van der Waals surface area (Å²) in [6.07, 6.45) is 7.39. The van der Waals surface area contributed by atoms with Crippen LogP contribution in [0.15, 0.2) is 24.7 Å². The monoisotopic (exact) mass is 419 g/mol. The van der Waals surface area contributed by atoms with Gasteiger partial charge in [-0.2, -0.15) is 8.42 Å². The fraction of sp³-hybridized carbons (Fsp3) is 0.474. The van der Waals surface area contributed by atoms with E-state index >= 15 is 0 Å². The van der Waals surface area contributed by atoms with Crippen LogP contribution in [0.4, 0.5) is 0 Å². The zero-order valence-corrected chi connectivity index (χ0v) is 17.3. The first-order valence-electron chi connectivity index (χ1n) is 9.54. The molecule has 0 unspecified atom stereocenters. The van der Waals surface area contributed by atoms with E-state index in [-0.39, 0.29) is 0 Å². The van der Waals surface area contributed by atoms with E-state index in [0.29, 0.717) is 30.0 Å². The lowest BCUT2D eigenvalue weighted by atomic mass is 9.86. The Hall–Kier alpha value is -2.43. The van der Waals surface area contributed by atoms with Crippen molar-refractivity contribution in [3.05, 3.63) is 24.7 Å². The summed E-state index contributed by atoms with van der Waals surface area (Å²) < 4.78 is 37.8.